The Morgan fingerprint density at radius 2 is 1.38 bits per heavy atom. The van der Waals surface area contributed by atoms with E-state index in [0.717, 1.165) is 5.56 Å². The molecule has 0 saturated carbocycles. The Morgan fingerprint density at radius 1 is 0.794 bits per heavy atom. The van der Waals surface area contributed by atoms with E-state index >= 15 is 0 Å². The van der Waals surface area contributed by atoms with Crippen LogP contribution in [0.5, 0.6) is 0 Å². The van der Waals surface area contributed by atoms with Crippen molar-refractivity contribution in [1.82, 2.24) is 5.32 Å². The van der Waals surface area contributed by atoms with E-state index in [9.17, 15) is 19.2 Å². The van der Waals surface area contributed by atoms with E-state index in [1.165, 1.54) is 13.8 Å². The van der Waals surface area contributed by atoms with Crippen LogP contribution >= 0.6 is 0 Å². The molecule has 0 heterocycles. The summed E-state index contributed by atoms with van der Waals surface area (Å²) in [5, 5.41) is 5.50. The van der Waals surface area contributed by atoms with E-state index in [4.69, 9.17) is 4.74 Å². The number of hydrogen-bond donors (Lipinski definition) is 2. The van der Waals surface area contributed by atoms with E-state index in [0.29, 0.717) is 16.8 Å². The fourth-order valence-corrected chi connectivity index (χ4v) is 3.39. The summed E-state index contributed by atoms with van der Waals surface area (Å²) >= 11 is 0. The van der Waals surface area contributed by atoms with Gasteiger partial charge < -0.3 is 15.4 Å². The molecule has 2 amide bonds. The molecule has 2 atom stereocenters. The van der Waals surface area contributed by atoms with Crippen molar-refractivity contribution >= 4 is 29.3 Å². The van der Waals surface area contributed by atoms with Gasteiger partial charge in [-0.05, 0) is 48.9 Å². The van der Waals surface area contributed by atoms with Crippen molar-refractivity contribution < 1.29 is 23.9 Å². The average molecular weight is 459 g/mol. The van der Waals surface area contributed by atoms with E-state index in [1.54, 1.807) is 48.5 Å². The Hall–Kier alpha value is -4.26. The Kier molecular flexibility index (Phi) is 8.29. The van der Waals surface area contributed by atoms with Crippen molar-refractivity contribution in [3.63, 3.8) is 0 Å². The van der Waals surface area contributed by atoms with Gasteiger partial charge in [0, 0.05) is 23.7 Å². The number of carbonyl (C=O) groups is 4. The number of anilines is 1. The summed E-state index contributed by atoms with van der Waals surface area (Å²) in [5.41, 5.74) is 2.14. The van der Waals surface area contributed by atoms with Gasteiger partial charge >= 0.3 is 5.97 Å². The second-order valence-electron chi connectivity index (χ2n) is 7.76. The van der Waals surface area contributed by atoms with Gasteiger partial charge in [0.05, 0.1) is 12.5 Å². The molecule has 2 unspecified atom stereocenters. The lowest BCUT2D eigenvalue weighted by Crippen LogP contribution is -2.32. The van der Waals surface area contributed by atoms with Crippen LogP contribution in [-0.4, -0.2) is 29.7 Å². The van der Waals surface area contributed by atoms with Crippen LogP contribution in [0.3, 0.4) is 0 Å². The maximum atomic E-state index is 12.7. The van der Waals surface area contributed by atoms with Gasteiger partial charge in [-0.2, -0.15) is 0 Å². The third kappa shape index (κ3) is 6.87. The van der Waals surface area contributed by atoms with Crippen LogP contribution in [0, 0.1) is 0 Å². The Morgan fingerprint density at radius 3 is 1.97 bits per heavy atom. The second kappa shape index (κ2) is 11.6. The summed E-state index contributed by atoms with van der Waals surface area (Å²) < 4.78 is 5.39. The van der Waals surface area contributed by atoms with E-state index in [2.05, 4.69) is 10.6 Å². The fraction of sp³-hybridized carbons (Fsp3) is 0.185. The summed E-state index contributed by atoms with van der Waals surface area (Å²) in [6.07, 6.45) is -1.15. The normalized spacial score (nSPS) is 12.2. The van der Waals surface area contributed by atoms with Crippen LogP contribution in [0.4, 0.5) is 5.69 Å². The van der Waals surface area contributed by atoms with E-state index < -0.39 is 18.1 Å². The number of Topliss-reactive ketones (excluding diaryl/α,β-unsaturated/α-hetero) is 1. The van der Waals surface area contributed by atoms with Gasteiger partial charge in [0.15, 0.2) is 6.10 Å². The van der Waals surface area contributed by atoms with Crippen LogP contribution in [0.15, 0.2) is 84.9 Å². The monoisotopic (exact) mass is 458 g/mol. The van der Waals surface area contributed by atoms with Crippen LogP contribution in [0.2, 0.25) is 0 Å². The number of ether oxygens (including phenoxy) is 1. The minimum Gasteiger partial charge on any atom is -0.454 e. The summed E-state index contributed by atoms with van der Waals surface area (Å²) in [7, 11) is 0. The van der Waals surface area contributed by atoms with Gasteiger partial charge in [-0.1, -0.05) is 48.5 Å². The first kappa shape index (κ1) is 24.4. The molecule has 7 nitrogen and oxygen atoms in total. The van der Waals surface area contributed by atoms with Gasteiger partial charge in [-0.3, -0.25) is 19.2 Å². The average Bonchev–Trinajstić information content (AvgIpc) is 2.84. The van der Waals surface area contributed by atoms with Crippen molar-refractivity contribution in [3.8, 4) is 0 Å². The molecule has 0 spiro atoms. The van der Waals surface area contributed by atoms with Crippen LogP contribution < -0.4 is 10.6 Å². The molecule has 0 radical (unpaired) electrons. The highest BCUT2D eigenvalue weighted by Gasteiger charge is 2.24. The summed E-state index contributed by atoms with van der Waals surface area (Å²) in [6, 6.07) is 23.5. The zero-order valence-corrected chi connectivity index (χ0v) is 19.0. The smallest absolute Gasteiger partial charge is 0.308 e. The molecular weight excluding hydrogens is 432 g/mol. The van der Waals surface area contributed by atoms with Gasteiger partial charge in [0.25, 0.3) is 5.91 Å². The van der Waals surface area contributed by atoms with Crippen LogP contribution in [0.1, 0.15) is 52.6 Å². The first-order chi connectivity index (χ1) is 16.3. The molecule has 2 N–H and O–H groups in total. The number of ketones is 1. The molecule has 0 fully saturated rings. The molecule has 34 heavy (non-hydrogen) atoms. The van der Waals surface area contributed by atoms with Gasteiger partial charge in [-0.15, -0.1) is 0 Å². The SMILES string of the molecule is CC(=O)Nc1ccc(C(=O)C(C)OC(=O)CC(NC(=O)c2ccccc2)c2ccccc2)cc1. The molecule has 0 aromatic heterocycles. The van der Waals surface area contributed by atoms with Gasteiger partial charge in [0.1, 0.15) is 0 Å². The number of nitrogens with one attached hydrogen (secondary N) is 2. The first-order valence-corrected chi connectivity index (χ1v) is 10.9. The molecule has 0 saturated heterocycles. The minimum atomic E-state index is -1.01. The molecule has 7 heteroatoms. The van der Waals surface area contributed by atoms with Crippen molar-refractivity contribution in [2.24, 2.45) is 0 Å². The Labute approximate surface area is 198 Å². The van der Waals surface area contributed by atoms with Gasteiger partial charge in [0.2, 0.25) is 11.7 Å². The molecule has 0 bridgehead atoms. The highest BCUT2D eigenvalue weighted by Crippen LogP contribution is 2.19. The lowest BCUT2D eigenvalue weighted by atomic mass is 10.0. The standard InChI is InChI=1S/C27H26N2O5/c1-18(26(32)21-13-15-23(16-14-21)28-19(2)30)34-25(31)17-24(20-9-5-3-6-10-20)29-27(33)22-11-7-4-8-12-22/h3-16,18,24H,17H2,1-2H3,(H,28,30)(H,29,33). The predicted octanol–water partition coefficient (Wildman–Crippen LogP) is 4.32. The molecular formula is C27H26N2O5. The number of esters is 1. The lowest BCUT2D eigenvalue weighted by molar-refractivity contribution is -0.146. The Bertz CT molecular complexity index is 1140. The lowest BCUT2D eigenvalue weighted by Gasteiger charge is -2.20. The molecule has 174 valence electrons. The summed E-state index contributed by atoms with van der Waals surface area (Å²) in [6.45, 7) is 2.90. The highest BCUT2D eigenvalue weighted by atomic mass is 16.5. The minimum absolute atomic E-state index is 0.137. The topological polar surface area (TPSA) is 102 Å². The molecule has 0 aliphatic rings. The molecule has 3 aromatic rings. The zero-order chi connectivity index (χ0) is 24.5. The summed E-state index contributed by atoms with van der Waals surface area (Å²) in [4.78, 5) is 49.2. The summed E-state index contributed by atoms with van der Waals surface area (Å²) in [5.74, 6) is -1.51. The third-order valence-electron chi connectivity index (χ3n) is 5.08. The van der Waals surface area contributed by atoms with E-state index in [1.807, 2.05) is 36.4 Å². The largest absolute Gasteiger partial charge is 0.454 e. The third-order valence-corrected chi connectivity index (χ3v) is 5.08. The number of rotatable bonds is 9. The van der Waals surface area contributed by atoms with E-state index in [-0.39, 0.29) is 24.0 Å². The zero-order valence-electron chi connectivity index (χ0n) is 19.0. The molecule has 3 rings (SSSR count). The van der Waals surface area contributed by atoms with Crippen LogP contribution in [-0.2, 0) is 14.3 Å². The first-order valence-electron chi connectivity index (χ1n) is 10.9. The number of hydrogen-bond acceptors (Lipinski definition) is 5. The highest BCUT2D eigenvalue weighted by molar-refractivity contribution is 6.01. The van der Waals surface area contributed by atoms with Crippen molar-refractivity contribution in [2.45, 2.75) is 32.4 Å². The maximum absolute atomic E-state index is 12.7. The molecule has 0 aliphatic heterocycles. The predicted molar refractivity (Wildman–Crippen MR) is 128 cm³/mol. The fourth-order valence-electron chi connectivity index (χ4n) is 3.39. The molecule has 3 aromatic carbocycles. The Balaban J connectivity index is 1.65. The van der Waals surface area contributed by atoms with Gasteiger partial charge in [-0.25, -0.2) is 0 Å². The number of carbonyl (C=O) groups excluding carboxylic acids is 4. The quantitative estimate of drug-likeness (QED) is 0.367. The number of benzene rings is 3. The van der Waals surface area contributed by atoms with Crippen molar-refractivity contribution in [3.05, 3.63) is 102 Å². The number of amides is 2. The van der Waals surface area contributed by atoms with Crippen molar-refractivity contribution in [2.75, 3.05) is 5.32 Å². The maximum Gasteiger partial charge on any atom is 0.308 e. The van der Waals surface area contributed by atoms with Crippen LogP contribution in [0.25, 0.3) is 0 Å². The second-order valence-corrected chi connectivity index (χ2v) is 7.76. The van der Waals surface area contributed by atoms with Crippen molar-refractivity contribution in [1.29, 1.82) is 0 Å². The molecule has 0 aliphatic carbocycles.